The molecule has 0 fully saturated rings. The van der Waals surface area contributed by atoms with Gasteiger partial charge in [-0.25, -0.2) is 4.98 Å². The first kappa shape index (κ1) is 23.6. The molecule has 0 amide bonds. The van der Waals surface area contributed by atoms with E-state index in [0.717, 1.165) is 22.4 Å². The summed E-state index contributed by atoms with van der Waals surface area (Å²) in [4.78, 5) is 30.5. The Balaban J connectivity index is 1.76. The molecule has 0 bridgehead atoms. The average molecular weight is 484 g/mol. The van der Waals surface area contributed by atoms with Crippen LogP contribution in [0.2, 0.25) is 0 Å². The quantitative estimate of drug-likeness (QED) is 0.189. The summed E-state index contributed by atoms with van der Waals surface area (Å²) < 4.78 is 47.5. The first-order valence-electron chi connectivity index (χ1n) is 10.4. The van der Waals surface area contributed by atoms with Crippen LogP contribution in [-0.2, 0) is 6.18 Å². The number of ether oxygens (including phenoxy) is 1. The molecule has 4 aromatic rings. The van der Waals surface area contributed by atoms with Gasteiger partial charge in [0.05, 0.1) is 34.5 Å². The predicted molar refractivity (Wildman–Crippen MR) is 125 cm³/mol. The number of benzene rings is 3. The van der Waals surface area contributed by atoms with Crippen LogP contribution in [0.3, 0.4) is 0 Å². The van der Waals surface area contributed by atoms with Gasteiger partial charge in [0.15, 0.2) is 10.9 Å². The molecule has 3 aromatic carbocycles. The molecule has 0 N–H and O–H groups in total. The number of ketones is 1. The Hall–Kier alpha value is -3.59. The van der Waals surface area contributed by atoms with Crippen LogP contribution in [0.4, 0.5) is 13.2 Å². The zero-order valence-corrected chi connectivity index (χ0v) is 18.8. The fourth-order valence-corrected chi connectivity index (χ4v) is 4.35. The third-order valence-electron chi connectivity index (χ3n) is 5.01. The minimum absolute atomic E-state index is 0.000290. The molecule has 0 spiro atoms. The molecule has 0 aliphatic heterocycles. The van der Waals surface area contributed by atoms with Crippen LogP contribution in [0.5, 0.6) is 5.75 Å². The highest BCUT2D eigenvalue weighted by Gasteiger charge is 2.34. The van der Waals surface area contributed by atoms with E-state index in [1.807, 2.05) is 6.92 Å². The number of alkyl halides is 3. The van der Waals surface area contributed by atoms with Gasteiger partial charge in [-0.05, 0) is 55.5 Å². The number of hydrogen-bond acceptors (Lipinski definition) is 5. The lowest BCUT2D eigenvalue weighted by molar-refractivity contribution is -0.137. The minimum atomic E-state index is -4.68. The van der Waals surface area contributed by atoms with Crippen molar-refractivity contribution in [2.24, 2.45) is 0 Å². The first-order valence-corrected chi connectivity index (χ1v) is 11.4. The molecular formula is C25H19F3N2O3S. The monoisotopic (exact) mass is 484 g/mol. The molecule has 0 radical (unpaired) electrons. The molecule has 174 valence electrons. The average Bonchev–Trinajstić information content (AvgIpc) is 2.83. The number of hydrogen-bond donors (Lipinski definition) is 0. The third kappa shape index (κ3) is 4.84. The summed E-state index contributed by atoms with van der Waals surface area (Å²) in [5.74, 6) is 0.249. The summed E-state index contributed by atoms with van der Waals surface area (Å²) in [7, 11) is 0. The van der Waals surface area contributed by atoms with Crippen molar-refractivity contribution >= 4 is 28.4 Å². The fraction of sp³-hybridized carbons (Fsp3) is 0.160. The first-order chi connectivity index (χ1) is 16.3. The van der Waals surface area contributed by atoms with Gasteiger partial charge >= 0.3 is 6.18 Å². The smallest absolute Gasteiger partial charge is 0.418 e. The topological polar surface area (TPSA) is 61.2 Å². The number of halogens is 3. The summed E-state index contributed by atoms with van der Waals surface area (Å²) >= 11 is 0.911. The van der Waals surface area contributed by atoms with E-state index in [1.165, 1.54) is 24.3 Å². The van der Waals surface area contributed by atoms with E-state index < -0.39 is 17.3 Å². The molecule has 4 rings (SSSR count). The maximum absolute atomic E-state index is 13.7. The molecule has 0 aliphatic rings. The predicted octanol–water partition coefficient (Wildman–Crippen LogP) is 5.78. The van der Waals surface area contributed by atoms with Gasteiger partial charge in [-0.1, -0.05) is 36.0 Å². The Morgan fingerprint density at radius 3 is 2.38 bits per heavy atom. The molecule has 34 heavy (non-hydrogen) atoms. The van der Waals surface area contributed by atoms with Crippen molar-refractivity contribution in [2.75, 3.05) is 12.4 Å². The van der Waals surface area contributed by atoms with Crippen molar-refractivity contribution < 1.29 is 22.7 Å². The van der Waals surface area contributed by atoms with Gasteiger partial charge in [0.2, 0.25) is 0 Å². The number of fused-ring (bicyclic) bond motifs is 1. The van der Waals surface area contributed by atoms with Crippen LogP contribution in [0.25, 0.3) is 16.6 Å². The number of aromatic nitrogens is 2. The van der Waals surface area contributed by atoms with Crippen molar-refractivity contribution in [3.63, 3.8) is 0 Å². The molecule has 5 nitrogen and oxygen atoms in total. The zero-order chi connectivity index (χ0) is 24.3. The lowest BCUT2D eigenvalue weighted by atomic mass is 10.1. The molecule has 1 aromatic heterocycles. The Bertz CT molecular complexity index is 1400. The van der Waals surface area contributed by atoms with E-state index >= 15 is 0 Å². The van der Waals surface area contributed by atoms with Crippen molar-refractivity contribution in [1.29, 1.82) is 0 Å². The minimum Gasteiger partial charge on any atom is -0.494 e. The van der Waals surface area contributed by atoms with Crippen molar-refractivity contribution in [1.82, 2.24) is 9.55 Å². The maximum atomic E-state index is 13.7. The number of rotatable bonds is 7. The van der Waals surface area contributed by atoms with Gasteiger partial charge < -0.3 is 4.74 Å². The van der Waals surface area contributed by atoms with Crippen LogP contribution in [-0.4, -0.2) is 27.7 Å². The standard InChI is InChI=1S/C25H19F3N2O3S/c1-2-33-17-13-11-16(12-14-17)22(31)15-34-24-29-20-9-5-3-7-18(20)23(32)30(24)21-10-6-4-8-19(21)25(26,27)28/h3-14H,2,15H2,1H3. The molecule has 0 unspecified atom stereocenters. The van der Waals surface area contributed by atoms with E-state index in [0.29, 0.717) is 23.4 Å². The van der Waals surface area contributed by atoms with Crippen molar-refractivity contribution in [3.8, 4) is 11.4 Å². The molecule has 0 saturated heterocycles. The maximum Gasteiger partial charge on any atom is 0.418 e. The highest BCUT2D eigenvalue weighted by Crippen LogP contribution is 2.35. The molecule has 0 aliphatic carbocycles. The van der Waals surface area contributed by atoms with Crippen molar-refractivity contribution in [2.45, 2.75) is 18.3 Å². The summed E-state index contributed by atoms with van der Waals surface area (Å²) in [5, 5.41) is 0.182. The Morgan fingerprint density at radius 2 is 1.68 bits per heavy atom. The number of para-hydroxylation sites is 2. The fourth-order valence-electron chi connectivity index (χ4n) is 3.45. The summed E-state index contributed by atoms with van der Waals surface area (Å²) in [5.41, 5.74) is -1.19. The Kier molecular flexibility index (Phi) is 6.74. The normalized spacial score (nSPS) is 11.5. The van der Waals surface area contributed by atoms with E-state index in [-0.39, 0.29) is 27.8 Å². The van der Waals surface area contributed by atoms with Crippen LogP contribution < -0.4 is 10.3 Å². The largest absolute Gasteiger partial charge is 0.494 e. The number of carbonyl (C=O) groups is 1. The number of carbonyl (C=O) groups excluding carboxylic acids is 1. The Morgan fingerprint density at radius 1 is 1.00 bits per heavy atom. The van der Waals surface area contributed by atoms with E-state index in [4.69, 9.17) is 4.74 Å². The van der Waals surface area contributed by atoms with E-state index in [1.54, 1.807) is 42.5 Å². The SMILES string of the molecule is CCOc1ccc(C(=O)CSc2nc3ccccc3c(=O)n2-c2ccccc2C(F)(F)F)cc1. The van der Waals surface area contributed by atoms with Gasteiger partial charge in [-0.15, -0.1) is 0 Å². The van der Waals surface area contributed by atoms with E-state index in [2.05, 4.69) is 4.98 Å². The Labute approximate surface area is 197 Å². The lowest BCUT2D eigenvalue weighted by Crippen LogP contribution is -2.25. The van der Waals surface area contributed by atoms with Gasteiger partial charge in [0, 0.05) is 5.56 Å². The number of thioether (sulfide) groups is 1. The lowest BCUT2D eigenvalue weighted by Gasteiger charge is -2.17. The molecule has 1 heterocycles. The highest BCUT2D eigenvalue weighted by atomic mass is 32.2. The molecule has 0 atom stereocenters. The molecule has 0 saturated carbocycles. The summed E-state index contributed by atoms with van der Waals surface area (Å²) in [6.07, 6.45) is -4.68. The molecular weight excluding hydrogens is 465 g/mol. The van der Waals surface area contributed by atoms with Crippen molar-refractivity contribution in [3.05, 3.63) is 94.3 Å². The second kappa shape index (κ2) is 9.72. The second-order valence-corrected chi connectivity index (χ2v) is 8.18. The highest BCUT2D eigenvalue weighted by molar-refractivity contribution is 7.99. The third-order valence-corrected chi connectivity index (χ3v) is 5.95. The summed E-state index contributed by atoms with van der Waals surface area (Å²) in [6, 6.07) is 17.8. The van der Waals surface area contributed by atoms with Crippen LogP contribution in [0, 0.1) is 0 Å². The summed E-state index contributed by atoms with van der Waals surface area (Å²) in [6.45, 7) is 2.34. The number of nitrogens with zero attached hydrogens (tertiary/aromatic N) is 2. The van der Waals surface area contributed by atoms with Crippen LogP contribution >= 0.6 is 11.8 Å². The van der Waals surface area contributed by atoms with Gasteiger partial charge in [-0.3, -0.25) is 14.2 Å². The number of Topliss-reactive ketones (excluding diaryl/α,β-unsaturated/α-hetero) is 1. The van der Waals surface area contributed by atoms with Crippen LogP contribution in [0.1, 0.15) is 22.8 Å². The zero-order valence-electron chi connectivity index (χ0n) is 18.0. The van der Waals surface area contributed by atoms with E-state index in [9.17, 15) is 22.8 Å². The second-order valence-electron chi connectivity index (χ2n) is 7.24. The van der Waals surface area contributed by atoms with Gasteiger partial charge in [0.25, 0.3) is 5.56 Å². The van der Waals surface area contributed by atoms with Crippen LogP contribution in [0.15, 0.2) is 82.7 Å². The van der Waals surface area contributed by atoms with Gasteiger partial charge in [0.1, 0.15) is 5.75 Å². The van der Waals surface area contributed by atoms with Gasteiger partial charge in [-0.2, -0.15) is 13.2 Å². The molecule has 9 heteroatoms.